The number of fused-ring (bicyclic) bond motifs is 1. The van der Waals surface area contributed by atoms with Gasteiger partial charge in [0.15, 0.2) is 0 Å². The zero-order valence-electron chi connectivity index (χ0n) is 10.5. The molecule has 0 aliphatic carbocycles. The molecule has 1 N–H and O–H groups in total. The fraction of sp³-hybridized carbons (Fsp3) is 0.250. The van der Waals surface area contributed by atoms with E-state index >= 15 is 0 Å². The van der Waals surface area contributed by atoms with E-state index in [0.29, 0.717) is 0 Å². The van der Waals surface area contributed by atoms with Crippen LogP contribution in [0.15, 0.2) is 54.6 Å². The van der Waals surface area contributed by atoms with Crippen molar-refractivity contribution in [1.29, 1.82) is 0 Å². The molecule has 1 heterocycles. The summed E-state index contributed by atoms with van der Waals surface area (Å²) in [6, 6.07) is 18.1. The number of aliphatic hydroxyl groups is 1. The van der Waals surface area contributed by atoms with Gasteiger partial charge in [-0.05, 0) is 11.6 Å². The first-order chi connectivity index (χ1) is 8.72. The van der Waals surface area contributed by atoms with Gasteiger partial charge in [-0.15, -0.1) is 0 Å². The summed E-state index contributed by atoms with van der Waals surface area (Å²) >= 11 is 0. The van der Waals surface area contributed by atoms with Crippen molar-refractivity contribution in [3.8, 4) is 0 Å². The molecule has 2 aromatic rings. The lowest BCUT2D eigenvalue weighted by Gasteiger charge is -2.39. The third kappa shape index (κ3) is 1.61. The van der Waals surface area contributed by atoms with Crippen LogP contribution in [0.1, 0.15) is 17.5 Å². The summed E-state index contributed by atoms with van der Waals surface area (Å²) in [6.07, 6.45) is 0.727. The molecule has 1 aliphatic rings. The molecule has 0 radical (unpaired) electrons. The maximum Gasteiger partial charge on any atom is 0.118 e. The van der Waals surface area contributed by atoms with Crippen LogP contribution in [0.2, 0.25) is 0 Å². The van der Waals surface area contributed by atoms with Gasteiger partial charge in [0.1, 0.15) is 5.60 Å². The molecule has 2 nitrogen and oxygen atoms in total. The molecule has 0 aromatic heterocycles. The Balaban J connectivity index is 2.17. The highest BCUT2D eigenvalue weighted by Gasteiger charge is 2.37. The molecule has 1 atom stereocenters. The van der Waals surface area contributed by atoms with Crippen molar-refractivity contribution in [2.24, 2.45) is 0 Å². The van der Waals surface area contributed by atoms with Crippen LogP contribution in [-0.2, 0) is 5.60 Å². The Kier molecular flexibility index (Phi) is 2.60. The average Bonchev–Trinajstić information content (AvgIpc) is 2.44. The molecule has 18 heavy (non-hydrogen) atoms. The van der Waals surface area contributed by atoms with Gasteiger partial charge in [-0.2, -0.15) is 0 Å². The van der Waals surface area contributed by atoms with Gasteiger partial charge < -0.3 is 10.0 Å². The van der Waals surface area contributed by atoms with Gasteiger partial charge in [-0.3, -0.25) is 0 Å². The summed E-state index contributed by atoms with van der Waals surface area (Å²) in [5.41, 5.74) is 2.25. The Labute approximate surface area is 107 Å². The molecule has 3 rings (SSSR count). The van der Waals surface area contributed by atoms with E-state index in [1.165, 1.54) is 0 Å². The van der Waals surface area contributed by atoms with Crippen molar-refractivity contribution in [2.45, 2.75) is 12.0 Å². The molecule has 0 amide bonds. The van der Waals surface area contributed by atoms with Crippen LogP contribution < -0.4 is 4.90 Å². The number of hydrogen-bond donors (Lipinski definition) is 1. The van der Waals surface area contributed by atoms with E-state index in [0.717, 1.165) is 29.8 Å². The highest BCUT2D eigenvalue weighted by Crippen LogP contribution is 2.41. The van der Waals surface area contributed by atoms with Crippen LogP contribution in [0.25, 0.3) is 0 Å². The Morgan fingerprint density at radius 3 is 2.44 bits per heavy atom. The molecule has 0 saturated heterocycles. The summed E-state index contributed by atoms with van der Waals surface area (Å²) in [5.74, 6) is 0. The Bertz CT molecular complexity index is 552. The average molecular weight is 239 g/mol. The van der Waals surface area contributed by atoms with Crippen molar-refractivity contribution in [3.05, 3.63) is 65.7 Å². The first kappa shape index (κ1) is 11.3. The SMILES string of the molecule is CN1CC[C@@](O)(c2ccccc2)c2ccccc21. The molecule has 92 valence electrons. The third-order valence-electron chi connectivity index (χ3n) is 3.82. The second-order valence-electron chi connectivity index (χ2n) is 4.92. The predicted octanol–water partition coefficient (Wildman–Crippen LogP) is 2.76. The molecule has 0 saturated carbocycles. The fourth-order valence-electron chi connectivity index (χ4n) is 2.75. The number of para-hydroxylation sites is 1. The zero-order chi connectivity index (χ0) is 12.6. The molecule has 2 aromatic carbocycles. The predicted molar refractivity (Wildman–Crippen MR) is 73.8 cm³/mol. The highest BCUT2D eigenvalue weighted by atomic mass is 16.3. The molecule has 0 fully saturated rings. The van der Waals surface area contributed by atoms with Gasteiger partial charge >= 0.3 is 0 Å². The number of benzene rings is 2. The smallest absolute Gasteiger partial charge is 0.118 e. The van der Waals surface area contributed by atoms with Crippen molar-refractivity contribution in [3.63, 3.8) is 0 Å². The van der Waals surface area contributed by atoms with Gasteiger partial charge in [-0.25, -0.2) is 0 Å². The zero-order valence-corrected chi connectivity index (χ0v) is 10.5. The van der Waals surface area contributed by atoms with E-state index in [2.05, 4.69) is 18.0 Å². The lowest BCUT2D eigenvalue weighted by Crippen LogP contribution is -2.39. The highest BCUT2D eigenvalue weighted by molar-refractivity contribution is 5.60. The van der Waals surface area contributed by atoms with Crippen LogP contribution >= 0.6 is 0 Å². The summed E-state index contributed by atoms with van der Waals surface area (Å²) in [6.45, 7) is 0.863. The topological polar surface area (TPSA) is 23.5 Å². The molecular weight excluding hydrogens is 222 g/mol. The van der Waals surface area contributed by atoms with E-state index in [9.17, 15) is 5.11 Å². The van der Waals surface area contributed by atoms with E-state index in [1.807, 2.05) is 48.5 Å². The molecule has 2 heteroatoms. The Morgan fingerprint density at radius 2 is 1.67 bits per heavy atom. The largest absolute Gasteiger partial charge is 0.380 e. The van der Waals surface area contributed by atoms with Gasteiger partial charge in [0.05, 0.1) is 0 Å². The quantitative estimate of drug-likeness (QED) is 0.827. The number of nitrogens with zero attached hydrogens (tertiary/aromatic N) is 1. The van der Waals surface area contributed by atoms with Crippen LogP contribution in [0.4, 0.5) is 5.69 Å². The maximum atomic E-state index is 11.1. The minimum Gasteiger partial charge on any atom is -0.380 e. The second kappa shape index (κ2) is 4.14. The minimum absolute atomic E-state index is 0.727. The van der Waals surface area contributed by atoms with Crippen molar-refractivity contribution >= 4 is 5.69 Å². The van der Waals surface area contributed by atoms with Gasteiger partial charge in [0.25, 0.3) is 0 Å². The van der Waals surface area contributed by atoms with Crippen LogP contribution in [0.3, 0.4) is 0 Å². The molecule has 0 unspecified atom stereocenters. The fourth-order valence-corrected chi connectivity index (χ4v) is 2.75. The van der Waals surface area contributed by atoms with Gasteiger partial charge in [0.2, 0.25) is 0 Å². The number of rotatable bonds is 1. The summed E-state index contributed by atoms with van der Waals surface area (Å²) in [7, 11) is 2.07. The minimum atomic E-state index is -0.857. The summed E-state index contributed by atoms with van der Waals surface area (Å²) in [5, 5.41) is 11.1. The van der Waals surface area contributed by atoms with E-state index in [4.69, 9.17) is 0 Å². The van der Waals surface area contributed by atoms with Crippen LogP contribution in [0.5, 0.6) is 0 Å². The normalized spacial score (nSPS) is 22.7. The summed E-state index contributed by atoms with van der Waals surface area (Å²) in [4.78, 5) is 2.20. The van der Waals surface area contributed by atoms with Crippen molar-refractivity contribution in [1.82, 2.24) is 0 Å². The first-order valence-corrected chi connectivity index (χ1v) is 6.30. The lowest BCUT2D eigenvalue weighted by molar-refractivity contribution is 0.0692. The number of anilines is 1. The van der Waals surface area contributed by atoms with E-state index in [1.54, 1.807) is 0 Å². The lowest BCUT2D eigenvalue weighted by atomic mass is 9.80. The Hall–Kier alpha value is -1.80. The molecule has 0 spiro atoms. The molecule has 1 aliphatic heterocycles. The van der Waals surface area contributed by atoms with Gasteiger partial charge in [-0.1, -0.05) is 48.5 Å². The van der Waals surface area contributed by atoms with E-state index < -0.39 is 5.60 Å². The Morgan fingerprint density at radius 1 is 1.00 bits per heavy atom. The standard InChI is InChI=1S/C16H17NO/c1-17-12-11-16(18,13-7-3-2-4-8-13)14-9-5-6-10-15(14)17/h2-10,18H,11-12H2,1H3/t16-/m1/s1. The van der Waals surface area contributed by atoms with Crippen LogP contribution in [0, 0.1) is 0 Å². The number of hydrogen-bond acceptors (Lipinski definition) is 2. The molecular formula is C16H17NO. The van der Waals surface area contributed by atoms with E-state index in [-0.39, 0.29) is 0 Å². The van der Waals surface area contributed by atoms with Crippen molar-refractivity contribution < 1.29 is 5.11 Å². The van der Waals surface area contributed by atoms with Crippen molar-refractivity contribution in [2.75, 3.05) is 18.5 Å². The summed E-state index contributed by atoms with van der Waals surface area (Å²) < 4.78 is 0. The third-order valence-corrected chi connectivity index (χ3v) is 3.82. The second-order valence-corrected chi connectivity index (χ2v) is 4.92. The van der Waals surface area contributed by atoms with Crippen LogP contribution in [-0.4, -0.2) is 18.7 Å². The monoisotopic (exact) mass is 239 g/mol. The molecule has 0 bridgehead atoms. The van der Waals surface area contributed by atoms with Gasteiger partial charge in [0, 0.05) is 31.3 Å². The first-order valence-electron chi connectivity index (χ1n) is 6.30. The maximum absolute atomic E-state index is 11.1.